The number of ether oxygens (including phenoxy) is 1. The van der Waals surface area contributed by atoms with Crippen LogP contribution in [0.2, 0.25) is 0 Å². The van der Waals surface area contributed by atoms with E-state index < -0.39 is 17.2 Å². The van der Waals surface area contributed by atoms with E-state index in [1.54, 1.807) is 0 Å². The zero-order chi connectivity index (χ0) is 19.6. The van der Waals surface area contributed by atoms with Gasteiger partial charge < -0.3 is 15.4 Å². The number of alkyl halides is 3. The minimum atomic E-state index is -4.78. The molecule has 2 N–H and O–H groups in total. The molecule has 0 radical (unpaired) electrons. The molecule has 0 amide bonds. The van der Waals surface area contributed by atoms with E-state index in [4.69, 9.17) is 0 Å². The van der Waals surface area contributed by atoms with Crippen molar-refractivity contribution in [1.29, 1.82) is 0 Å². The Morgan fingerprint density at radius 2 is 1.48 bits per heavy atom. The van der Waals surface area contributed by atoms with Gasteiger partial charge in [0.05, 0.1) is 0 Å². The summed E-state index contributed by atoms with van der Waals surface area (Å²) < 4.78 is 40.4. The van der Waals surface area contributed by atoms with Crippen LogP contribution in [-0.4, -0.2) is 6.36 Å². The van der Waals surface area contributed by atoms with Crippen molar-refractivity contribution >= 4 is 17.1 Å². The molecule has 3 rings (SSSR count). The molecule has 0 aliphatic heterocycles. The molecule has 140 valence electrons. The highest BCUT2D eigenvalue weighted by molar-refractivity contribution is 5.79. The Balaban J connectivity index is 1.74. The summed E-state index contributed by atoms with van der Waals surface area (Å²) in [4.78, 5) is 23.8. The third kappa shape index (κ3) is 4.28. The highest BCUT2D eigenvalue weighted by Crippen LogP contribution is 2.27. The van der Waals surface area contributed by atoms with Crippen molar-refractivity contribution in [2.75, 3.05) is 10.6 Å². The van der Waals surface area contributed by atoms with Gasteiger partial charge in [-0.05, 0) is 36.8 Å². The maximum atomic E-state index is 12.2. The van der Waals surface area contributed by atoms with Gasteiger partial charge in [-0.25, -0.2) is 0 Å². The lowest BCUT2D eigenvalue weighted by Gasteiger charge is -2.20. The van der Waals surface area contributed by atoms with Gasteiger partial charge in [-0.1, -0.05) is 30.3 Å². The number of hydrogen-bond acceptors (Lipinski definition) is 5. The number of halogens is 3. The van der Waals surface area contributed by atoms with Gasteiger partial charge in [0.2, 0.25) is 0 Å². The smallest absolute Gasteiger partial charge is 0.406 e. The standard InChI is InChI=1S/C19H15F3N2O3/c1-11(12-5-3-2-4-6-12)23-15-16(18(26)17(15)25)24-13-7-9-14(10-8-13)27-19(20,21)22/h2-11,23-24H,1H3/t11-/m1/s1. The average molecular weight is 376 g/mol. The van der Waals surface area contributed by atoms with E-state index in [-0.39, 0.29) is 23.2 Å². The van der Waals surface area contributed by atoms with E-state index >= 15 is 0 Å². The second-order valence-corrected chi connectivity index (χ2v) is 5.88. The van der Waals surface area contributed by atoms with Crippen molar-refractivity contribution in [3.05, 3.63) is 80.6 Å². The van der Waals surface area contributed by atoms with E-state index in [1.807, 2.05) is 37.3 Å². The quantitative estimate of drug-likeness (QED) is 0.634. The summed E-state index contributed by atoms with van der Waals surface area (Å²) in [5.74, 6) is -0.380. The van der Waals surface area contributed by atoms with E-state index in [2.05, 4.69) is 15.4 Å². The van der Waals surface area contributed by atoms with Crippen molar-refractivity contribution < 1.29 is 17.9 Å². The molecule has 0 aliphatic carbocycles. The van der Waals surface area contributed by atoms with E-state index in [1.165, 1.54) is 12.1 Å². The zero-order valence-corrected chi connectivity index (χ0v) is 14.1. The summed E-state index contributed by atoms with van der Waals surface area (Å²) in [6, 6.07) is 14.0. The monoisotopic (exact) mass is 376 g/mol. The first-order chi connectivity index (χ1) is 12.7. The predicted molar refractivity (Wildman–Crippen MR) is 96.2 cm³/mol. The number of nitrogens with one attached hydrogen (secondary N) is 2. The molecule has 0 unspecified atom stereocenters. The van der Waals surface area contributed by atoms with Crippen LogP contribution in [0.25, 0.3) is 0 Å². The van der Waals surface area contributed by atoms with Gasteiger partial charge in [0.15, 0.2) is 0 Å². The third-order valence-corrected chi connectivity index (χ3v) is 3.93. The van der Waals surface area contributed by atoms with E-state index in [0.29, 0.717) is 5.69 Å². The molecule has 0 spiro atoms. The van der Waals surface area contributed by atoms with Crippen molar-refractivity contribution in [3.63, 3.8) is 0 Å². The molecule has 0 aliphatic rings. The molecule has 3 aromatic carbocycles. The lowest BCUT2D eigenvalue weighted by Crippen LogP contribution is -2.37. The molecule has 5 nitrogen and oxygen atoms in total. The Kier molecular flexibility index (Phi) is 4.89. The van der Waals surface area contributed by atoms with Gasteiger partial charge in [0.25, 0.3) is 10.9 Å². The normalized spacial score (nSPS) is 12.6. The Hall–Kier alpha value is -3.29. The summed E-state index contributed by atoms with van der Waals surface area (Å²) in [5, 5.41) is 5.76. The lowest BCUT2D eigenvalue weighted by atomic mass is 10.1. The molecular formula is C19H15F3N2O3. The van der Waals surface area contributed by atoms with Crippen LogP contribution in [0.3, 0.4) is 0 Å². The maximum Gasteiger partial charge on any atom is 0.573 e. The van der Waals surface area contributed by atoms with Crippen LogP contribution in [0.5, 0.6) is 5.75 Å². The lowest BCUT2D eigenvalue weighted by molar-refractivity contribution is -0.274. The summed E-state index contributed by atoms with van der Waals surface area (Å²) in [5.41, 5.74) is 0.183. The Bertz CT molecular complexity index is 992. The number of hydrogen-bond donors (Lipinski definition) is 2. The SMILES string of the molecule is C[C@@H](Nc1c(Nc2ccc(OC(F)(F)F)cc2)c(=O)c1=O)c1ccccc1. The number of anilines is 3. The summed E-state index contributed by atoms with van der Waals surface area (Å²) in [6.45, 7) is 1.85. The molecule has 1 atom stereocenters. The summed E-state index contributed by atoms with van der Waals surface area (Å²) in [6.07, 6.45) is -4.78. The van der Waals surface area contributed by atoms with Crippen molar-refractivity contribution in [2.24, 2.45) is 0 Å². The van der Waals surface area contributed by atoms with Gasteiger partial charge in [-0.2, -0.15) is 0 Å². The molecule has 0 aromatic heterocycles. The van der Waals surface area contributed by atoms with Crippen LogP contribution >= 0.6 is 0 Å². The maximum absolute atomic E-state index is 12.2. The van der Waals surface area contributed by atoms with E-state index in [0.717, 1.165) is 17.7 Å². The molecular weight excluding hydrogens is 361 g/mol. The third-order valence-electron chi connectivity index (χ3n) is 3.93. The molecule has 8 heteroatoms. The number of rotatable bonds is 6. The van der Waals surface area contributed by atoms with Crippen molar-refractivity contribution in [1.82, 2.24) is 0 Å². The van der Waals surface area contributed by atoms with Crippen LogP contribution in [-0.2, 0) is 0 Å². The van der Waals surface area contributed by atoms with Crippen LogP contribution in [0.15, 0.2) is 64.2 Å². The summed E-state index contributed by atoms with van der Waals surface area (Å²) >= 11 is 0. The van der Waals surface area contributed by atoms with Gasteiger partial charge in [0.1, 0.15) is 17.1 Å². The molecule has 0 fully saturated rings. The van der Waals surface area contributed by atoms with Gasteiger partial charge in [-0.3, -0.25) is 9.59 Å². The molecule has 0 heterocycles. The Morgan fingerprint density at radius 3 is 2.07 bits per heavy atom. The second kappa shape index (κ2) is 7.14. The fourth-order valence-corrected chi connectivity index (χ4v) is 2.57. The van der Waals surface area contributed by atoms with E-state index in [9.17, 15) is 22.8 Å². The first-order valence-corrected chi connectivity index (χ1v) is 8.02. The number of benzene rings is 2. The Labute approximate surface area is 152 Å². The first-order valence-electron chi connectivity index (χ1n) is 8.02. The van der Waals surface area contributed by atoms with Gasteiger partial charge >= 0.3 is 6.36 Å². The van der Waals surface area contributed by atoms with Crippen LogP contribution in [0.4, 0.5) is 30.2 Å². The zero-order valence-electron chi connectivity index (χ0n) is 14.1. The van der Waals surface area contributed by atoms with Crippen LogP contribution in [0, 0.1) is 0 Å². The fraction of sp³-hybridized carbons (Fsp3) is 0.158. The van der Waals surface area contributed by atoms with Crippen LogP contribution < -0.4 is 26.2 Å². The molecule has 0 bridgehead atoms. The topological polar surface area (TPSA) is 67.4 Å². The average Bonchev–Trinajstić information content (AvgIpc) is 2.65. The highest BCUT2D eigenvalue weighted by atomic mass is 19.4. The fourth-order valence-electron chi connectivity index (χ4n) is 2.57. The van der Waals surface area contributed by atoms with Crippen molar-refractivity contribution in [3.8, 4) is 5.75 Å². The van der Waals surface area contributed by atoms with Crippen LogP contribution in [0.1, 0.15) is 18.5 Å². The first kappa shape index (κ1) is 18.5. The largest absolute Gasteiger partial charge is 0.573 e. The molecule has 27 heavy (non-hydrogen) atoms. The minimum absolute atomic E-state index is 0.0762. The predicted octanol–water partition coefficient (Wildman–Crippen LogP) is 4.10. The van der Waals surface area contributed by atoms with Gasteiger partial charge in [0, 0.05) is 11.7 Å². The minimum Gasteiger partial charge on any atom is -0.406 e. The van der Waals surface area contributed by atoms with Gasteiger partial charge in [-0.15, -0.1) is 13.2 Å². The molecule has 3 aromatic rings. The highest BCUT2D eigenvalue weighted by Gasteiger charge is 2.31. The Morgan fingerprint density at radius 1 is 0.889 bits per heavy atom. The molecule has 0 saturated carbocycles. The summed E-state index contributed by atoms with van der Waals surface area (Å²) in [7, 11) is 0. The van der Waals surface area contributed by atoms with Crippen molar-refractivity contribution in [2.45, 2.75) is 19.3 Å². The second-order valence-electron chi connectivity index (χ2n) is 5.88. The molecule has 0 saturated heterocycles.